The maximum atomic E-state index is 12.5. The van der Waals surface area contributed by atoms with E-state index in [0.29, 0.717) is 0 Å². The van der Waals surface area contributed by atoms with Gasteiger partial charge in [-0.15, -0.1) is 0 Å². The number of carboxylic acid groups (broad SMARTS) is 1. The molecule has 0 bridgehead atoms. The molecule has 8 heteroatoms. The van der Waals surface area contributed by atoms with Crippen molar-refractivity contribution < 1.29 is 23.1 Å². The van der Waals surface area contributed by atoms with Crippen molar-refractivity contribution in [3.63, 3.8) is 0 Å². The molecule has 2 atom stereocenters. The third-order valence-corrected chi connectivity index (χ3v) is 5.95. The van der Waals surface area contributed by atoms with E-state index in [2.05, 4.69) is 4.72 Å². The van der Waals surface area contributed by atoms with Gasteiger partial charge in [0.2, 0.25) is 0 Å². The molecule has 0 spiro atoms. The summed E-state index contributed by atoms with van der Waals surface area (Å²) in [7, 11) is -3.78. The van der Waals surface area contributed by atoms with Crippen LogP contribution in [0.5, 0.6) is 0 Å². The number of nitrogens with zero attached hydrogens (tertiary/aromatic N) is 1. The van der Waals surface area contributed by atoms with E-state index >= 15 is 0 Å². The molecule has 1 aliphatic heterocycles. The van der Waals surface area contributed by atoms with Crippen LogP contribution >= 0.6 is 0 Å². The number of rotatable bonds is 5. The van der Waals surface area contributed by atoms with Crippen LogP contribution in [-0.2, 0) is 19.7 Å². The molecular formula is C13H26N2O5S. The average molecular weight is 322 g/mol. The zero-order valence-electron chi connectivity index (χ0n) is 13.5. The van der Waals surface area contributed by atoms with E-state index in [1.54, 1.807) is 13.8 Å². The van der Waals surface area contributed by atoms with E-state index in [0.717, 1.165) is 0 Å². The predicted molar refractivity (Wildman–Crippen MR) is 79.1 cm³/mol. The number of hydrogen-bond acceptors (Lipinski definition) is 4. The summed E-state index contributed by atoms with van der Waals surface area (Å²) in [5.74, 6) is -1.06. The highest BCUT2D eigenvalue weighted by Crippen LogP contribution is 2.32. The number of morpholine rings is 1. The van der Waals surface area contributed by atoms with E-state index < -0.39 is 27.1 Å². The van der Waals surface area contributed by atoms with Gasteiger partial charge < -0.3 is 9.84 Å². The molecule has 124 valence electrons. The fourth-order valence-corrected chi connectivity index (χ4v) is 3.95. The maximum Gasteiger partial charge on any atom is 0.310 e. The van der Waals surface area contributed by atoms with Crippen LogP contribution in [-0.4, -0.2) is 54.6 Å². The molecule has 21 heavy (non-hydrogen) atoms. The smallest absolute Gasteiger partial charge is 0.310 e. The molecule has 1 heterocycles. The molecule has 1 rings (SSSR count). The minimum absolute atomic E-state index is 0.194. The lowest BCUT2D eigenvalue weighted by Gasteiger charge is -2.41. The van der Waals surface area contributed by atoms with Crippen molar-refractivity contribution in [3.05, 3.63) is 0 Å². The average Bonchev–Trinajstić information content (AvgIpc) is 2.25. The lowest BCUT2D eigenvalue weighted by Crippen LogP contribution is -2.61. The topological polar surface area (TPSA) is 95.9 Å². The van der Waals surface area contributed by atoms with Gasteiger partial charge in [-0.2, -0.15) is 17.4 Å². The highest BCUT2D eigenvalue weighted by atomic mass is 32.2. The van der Waals surface area contributed by atoms with Crippen LogP contribution in [0.3, 0.4) is 0 Å². The Bertz CT molecular complexity index is 491. The summed E-state index contributed by atoms with van der Waals surface area (Å²) in [4.78, 5) is 11.4. The summed E-state index contributed by atoms with van der Waals surface area (Å²) in [6.07, 6.45) is -0.387. The van der Waals surface area contributed by atoms with Crippen LogP contribution in [0.2, 0.25) is 0 Å². The summed E-state index contributed by atoms with van der Waals surface area (Å²) < 4.78 is 34.4. The molecule has 0 aliphatic carbocycles. The molecule has 0 amide bonds. The molecule has 1 saturated heterocycles. The minimum atomic E-state index is -3.78. The quantitative estimate of drug-likeness (QED) is 0.781. The van der Waals surface area contributed by atoms with Gasteiger partial charge in [0.1, 0.15) is 0 Å². The fraction of sp³-hybridized carbons (Fsp3) is 0.923. The lowest BCUT2D eigenvalue weighted by molar-refractivity contribution is -0.150. The van der Waals surface area contributed by atoms with Gasteiger partial charge in [-0.25, -0.2) is 0 Å². The third kappa shape index (κ3) is 3.94. The van der Waals surface area contributed by atoms with Crippen LogP contribution in [0, 0.1) is 5.41 Å². The molecule has 0 radical (unpaired) electrons. The van der Waals surface area contributed by atoms with Crippen molar-refractivity contribution in [2.75, 3.05) is 13.1 Å². The number of aliphatic carboxylic acids is 1. The molecule has 2 unspecified atom stereocenters. The Morgan fingerprint density at radius 2 is 1.62 bits per heavy atom. The van der Waals surface area contributed by atoms with Gasteiger partial charge in [0, 0.05) is 18.6 Å². The van der Waals surface area contributed by atoms with Gasteiger partial charge in [0.15, 0.2) is 0 Å². The monoisotopic (exact) mass is 322 g/mol. The predicted octanol–water partition coefficient (Wildman–Crippen LogP) is 0.819. The maximum absolute atomic E-state index is 12.5. The van der Waals surface area contributed by atoms with Gasteiger partial charge >= 0.3 is 5.97 Å². The zero-order valence-corrected chi connectivity index (χ0v) is 14.3. The second-order valence-corrected chi connectivity index (χ2v) is 8.41. The summed E-state index contributed by atoms with van der Waals surface area (Å²) >= 11 is 0. The van der Waals surface area contributed by atoms with E-state index in [9.17, 15) is 18.3 Å². The molecule has 0 aromatic carbocycles. The molecule has 0 saturated carbocycles. The Kier molecular flexibility index (Phi) is 5.09. The van der Waals surface area contributed by atoms with Gasteiger partial charge in [-0.1, -0.05) is 0 Å². The molecule has 7 nitrogen and oxygen atoms in total. The van der Waals surface area contributed by atoms with Gasteiger partial charge in [-0.05, 0) is 41.5 Å². The van der Waals surface area contributed by atoms with Crippen molar-refractivity contribution in [2.45, 2.75) is 59.3 Å². The second kappa shape index (κ2) is 5.83. The largest absolute Gasteiger partial charge is 0.481 e. The molecule has 1 aliphatic rings. The first-order valence-corrected chi connectivity index (χ1v) is 8.41. The van der Waals surface area contributed by atoms with Crippen LogP contribution in [0.4, 0.5) is 0 Å². The van der Waals surface area contributed by atoms with Crippen molar-refractivity contribution >= 4 is 16.2 Å². The van der Waals surface area contributed by atoms with Crippen LogP contribution < -0.4 is 4.72 Å². The molecule has 0 aromatic heterocycles. The summed E-state index contributed by atoms with van der Waals surface area (Å²) in [6, 6.07) is 0. The number of ether oxygens (including phenoxy) is 1. The van der Waals surface area contributed by atoms with Gasteiger partial charge in [-0.3, -0.25) is 4.79 Å². The van der Waals surface area contributed by atoms with Crippen LogP contribution in [0.1, 0.15) is 41.5 Å². The molecule has 0 aromatic rings. The first kappa shape index (κ1) is 18.3. The molecular weight excluding hydrogens is 296 g/mol. The standard InChI is InChI=1S/C13H26N2O5S/c1-9-7-15(8-10(2)20-9)21(18,19)14-13(5,6)12(3,4)11(16)17/h9-10,14H,7-8H2,1-6H3,(H,16,17). The van der Waals surface area contributed by atoms with E-state index in [1.165, 1.54) is 18.2 Å². The first-order chi connectivity index (χ1) is 9.29. The van der Waals surface area contributed by atoms with Crippen molar-refractivity contribution in [1.82, 2.24) is 9.03 Å². The number of nitrogens with one attached hydrogen (secondary N) is 1. The number of carboxylic acids is 1. The van der Waals surface area contributed by atoms with Gasteiger partial charge in [0.25, 0.3) is 10.2 Å². The first-order valence-electron chi connectivity index (χ1n) is 6.97. The Morgan fingerprint density at radius 1 is 1.19 bits per heavy atom. The molecule has 1 fully saturated rings. The SMILES string of the molecule is CC1CN(S(=O)(=O)NC(C)(C)C(C)(C)C(=O)O)CC(C)O1. The van der Waals surface area contributed by atoms with Gasteiger partial charge in [0.05, 0.1) is 17.6 Å². The highest BCUT2D eigenvalue weighted by molar-refractivity contribution is 7.87. The second-order valence-electron chi connectivity index (χ2n) is 6.74. The van der Waals surface area contributed by atoms with Crippen LogP contribution in [0.15, 0.2) is 0 Å². The normalized spacial score (nSPS) is 25.8. The number of carbonyl (C=O) groups is 1. The highest BCUT2D eigenvalue weighted by Gasteiger charge is 2.47. The minimum Gasteiger partial charge on any atom is -0.481 e. The molecule has 2 N–H and O–H groups in total. The Hall–Kier alpha value is -0.700. The zero-order chi connectivity index (χ0) is 16.6. The van der Waals surface area contributed by atoms with Crippen molar-refractivity contribution in [3.8, 4) is 0 Å². The summed E-state index contributed by atoms with van der Waals surface area (Å²) in [6.45, 7) is 10.3. The Morgan fingerprint density at radius 3 is 2.00 bits per heavy atom. The van der Waals surface area contributed by atoms with E-state index in [-0.39, 0.29) is 25.3 Å². The number of hydrogen-bond donors (Lipinski definition) is 2. The van der Waals surface area contributed by atoms with Crippen molar-refractivity contribution in [2.24, 2.45) is 5.41 Å². The van der Waals surface area contributed by atoms with E-state index in [4.69, 9.17) is 4.74 Å². The summed E-state index contributed by atoms with van der Waals surface area (Å²) in [5, 5.41) is 9.30. The van der Waals surface area contributed by atoms with Crippen LogP contribution in [0.25, 0.3) is 0 Å². The fourth-order valence-electron chi connectivity index (χ4n) is 2.11. The summed E-state index contributed by atoms with van der Waals surface area (Å²) in [5.41, 5.74) is -2.38. The Balaban J connectivity index is 2.97. The van der Waals surface area contributed by atoms with Crippen molar-refractivity contribution in [1.29, 1.82) is 0 Å². The lowest BCUT2D eigenvalue weighted by atomic mass is 9.75. The van der Waals surface area contributed by atoms with E-state index in [1.807, 2.05) is 13.8 Å². The third-order valence-electron chi connectivity index (χ3n) is 4.21. The Labute approximate surface area is 126 Å².